The van der Waals surface area contributed by atoms with Crippen molar-refractivity contribution in [1.29, 1.82) is 0 Å². The maximum absolute atomic E-state index is 11.9. The van der Waals surface area contributed by atoms with Crippen LogP contribution in [0.2, 0.25) is 0 Å². The van der Waals surface area contributed by atoms with Gasteiger partial charge < -0.3 is 0 Å². The van der Waals surface area contributed by atoms with Gasteiger partial charge in [-0.05, 0) is 55.8 Å². The van der Waals surface area contributed by atoms with Crippen molar-refractivity contribution in [3.8, 4) is 0 Å². The first-order valence-corrected chi connectivity index (χ1v) is 6.92. The van der Waals surface area contributed by atoms with Gasteiger partial charge in [0.2, 0.25) is 0 Å². The van der Waals surface area contributed by atoms with Gasteiger partial charge in [-0.15, -0.1) is 5.10 Å². The Morgan fingerprint density at radius 2 is 2.00 bits per heavy atom. The summed E-state index contributed by atoms with van der Waals surface area (Å²) in [6.45, 7) is 7.70. The molecule has 0 bridgehead atoms. The van der Waals surface area contributed by atoms with Crippen molar-refractivity contribution in [2.75, 3.05) is 0 Å². The Bertz CT molecular complexity index is 375. The topological polar surface area (TPSA) is 54.9 Å². The van der Waals surface area contributed by atoms with Gasteiger partial charge >= 0.3 is 0 Å². The Morgan fingerprint density at radius 1 is 1.38 bits per heavy atom. The first-order valence-electron chi connectivity index (χ1n) is 4.98. The summed E-state index contributed by atoms with van der Waals surface area (Å²) in [4.78, 5) is 0. The molecule has 0 amide bonds. The second-order valence-electron chi connectivity index (χ2n) is 4.50. The number of aromatic nitrogens is 2. The summed E-state index contributed by atoms with van der Waals surface area (Å²) in [7, 11) is -1.10. The molecule has 0 aliphatic carbocycles. The largest absolute Gasteiger partial charge is 0.242 e. The van der Waals surface area contributed by atoms with E-state index < -0.39 is 11.0 Å². The molecule has 2 atom stereocenters. The fourth-order valence-corrected chi connectivity index (χ4v) is 1.96. The summed E-state index contributed by atoms with van der Waals surface area (Å²) in [5, 5.41) is 7.92. The lowest BCUT2D eigenvalue weighted by molar-refractivity contribution is 0.608. The second-order valence-corrected chi connectivity index (χ2v) is 7.31. The van der Waals surface area contributed by atoms with Crippen LogP contribution in [0.15, 0.2) is 16.7 Å². The van der Waals surface area contributed by atoms with Crippen molar-refractivity contribution in [1.82, 2.24) is 14.9 Å². The molecule has 0 aliphatic heterocycles. The minimum Gasteiger partial charge on any atom is -0.242 e. The molecule has 6 heteroatoms. The molecule has 1 rings (SSSR count). The third-order valence-electron chi connectivity index (χ3n) is 1.94. The van der Waals surface area contributed by atoms with Crippen LogP contribution < -0.4 is 4.72 Å². The lowest BCUT2D eigenvalue weighted by Gasteiger charge is -2.21. The lowest BCUT2D eigenvalue weighted by atomic mass is 10.2. The predicted molar refractivity (Wildman–Crippen MR) is 69.2 cm³/mol. The van der Waals surface area contributed by atoms with Gasteiger partial charge in [0.05, 0.1) is 27.5 Å². The Kier molecular flexibility index (Phi) is 4.58. The molecule has 0 aromatic carbocycles. The highest BCUT2D eigenvalue weighted by Gasteiger charge is 2.22. The summed E-state index contributed by atoms with van der Waals surface area (Å²) >= 11 is 3.22. The number of rotatable bonds is 3. The van der Waals surface area contributed by atoms with Gasteiger partial charge in [0.15, 0.2) is 0 Å². The van der Waals surface area contributed by atoms with Crippen molar-refractivity contribution < 1.29 is 4.21 Å². The monoisotopic (exact) mass is 305 g/mol. The van der Waals surface area contributed by atoms with Crippen LogP contribution in [-0.2, 0) is 11.0 Å². The van der Waals surface area contributed by atoms with Crippen molar-refractivity contribution in [2.45, 2.75) is 38.5 Å². The first kappa shape index (κ1) is 13.7. The van der Waals surface area contributed by atoms with Crippen LogP contribution in [0.5, 0.6) is 0 Å². The van der Waals surface area contributed by atoms with Crippen LogP contribution in [0.1, 0.15) is 39.4 Å². The molecular weight excluding hydrogens is 290 g/mol. The Morgan fingerprint density at radius 3 is 2.44 bits per heavy atom. The van der Waals surface area contributed by atoms with E-state index in [1.807, 2.05) is 39.8 Å². The third-order valence-corrected chi connectivity index (χ3v) is 4.04. The average Bonchev–Trinajstić information content (AvgIpc) is 2.17. The zero-order valence-electron chi connectivity index (χ0n) is 9.82. The molecule has 90 valence electrons. The van der Waals surface area contributed by atoms with E-state index in [0.717, 1.165) is 5.69 Å². The summed E-state index contributed by atoms with van der Waals surface area (Å²) in [5.74, 6) is 0. The van der Waals surface area contributed by atoms with E-state index in [1.165, 1.54) is 0 Å². The first-order chi connectivity index (χ1) is 7.30. The molecule has 1 aromatic rings. The van der Waals surface area contributed by atoms with E-state index in [1.54, 1.807) is 0 Å². The lowest BCUT2D eigenvalue weighted by Crippen LogP contribution is -2.35. The van der Waals surface area contributed by atoms with E-state index in [9.17, 15) is 4.21 Å². The fourth-order valence-electron chi connectivity index (χ4n) is 0.955. The van der Waals surface area contributed by atoms with Gasteiger partial charge in [-0.25, -0.2) is 8.93 Å². The van der Waals surface area contributed by atoms with Gasteiger partial charge in [-0.2, -0.15) is 5.10 Å². The Balaban J connectivity index is 2.69. The van der Waals surface area contributed by atoms with E-state index in [0.29, 0.717) is 4.60 Å². The molecule has 0 unspecified atom stereocenters. The van der Waals surface area contributed by atoms with Crippen molar-refractivity contribution in [2.24, 2.45) is 0 Å². The summed E-state index contributed by atoms with van der Waals surface area (Å²) in [6, 6.07) is 3.59. The van der Waals surface area contributed by atoms with Crippen LogP contribution in [0, 0.1) is 0 Å². The van der Waals surface area contributed by atoms with Crippen LogP contribution in [0.3, 0.4) is 0 Å². The molecule has 4 nitrogen and oxygen atoms in total. The Labute approximate surface area is 107 Å². The minimum atomic E-state index is -1.10. The number of nitrogens with one attached hydrogen (secondary N) is 1. The van der Waals surface area contributed by atoms with Crippen LogP contribution >= 0.6 is 15.9 Å². The Hall–Kier alpha value is -0.330. The van der Waals surface area contributed by atoms with Crippen LogP contribution in [0.4, 0.5) is 0 Å². The molecule has 1 N–H and O–H groups in total. The predicted octanol–water partition coefficient (Wildman–Crippen LogP) is 2.35. The molecule has 0 spiro atoms. The molecular formula is C10H16BrN3OS. The summed E-state index contributed by atoms with van der Waals surface area (Å²) in [6.07, 6.45) is 0. The van der Waals surface area contributed by atoms with Crippen LogP contribution in [0.25, 0.3) is 0 Å². The number of hydrogen-bond acceptors (Lipinski definition) is 3. The maximum atomic E-state index is 11.9. The van der Waals surface area contributed by atoms with Gasteiger partial charge in [-0.3, -0.25) is 0 Å². The van der Waals surface area contributed by atoms with E-state index in [-0.39, 0.29) is 10.8 Å². The van der Waals surface area contributed by atoms with Crippen LogP contribution in [-0.4, -0.2) is 19.2 Å². The highest BCUT2D eigenvalue weighted by atomic mass is 79.9. The average molecular weight is 306 g/mol. The number of halogens is 1. The smallest absolute Gasteiger partial charge is 0.128 e. The molecule has 0 radical (unpaired) electrons. The number of nitrogens with zero attached hydrogens (tertiary/aromatic N) is 2. The highest BCUT2D eigenvalue weighted by molar-refractivity contribution is 9.10. The highest BCUT2D eigenvalue weighted by Crippen LogP contribution is 2.15. The van der Waals surface area contributed by atoms with Gasteiger partial charge in [0.1, 0.15) is 4.60 Å². The van der Waals surface area contributed by atoms with Gasteiger partial charge in [0.25, 0.3) is 0 Å². The van der Waals surface area contributed by atoms with Crippen molar-refractivity contribution in [3.63, 3.8) is 0 Å². The number of hydrogen-bond donors (Lipinski definition) is 1. The molecule has 1 aromatic heterocycles. The van der Waals surface area contributed by atoms with Gasteiger partial charge in [-0.1, -0.05) is 0 Å². The molecule has 0 aliphatic rings. The molecule has 0 fully saturated rings. The molecule has 0 saturated heterocycles. The summed E-state index contributed by atoms with van der Waals surface area (Å²) in [5.41, 5.74) is 0.779. The van der Waals surface area contributed by atoms with Crippen molar-refractivity contribution in [3.05, 3.63) is 22.4 Å². The van der Waals surface area contributed by atoms with E-state index >= 15 is 0 Å². The quantitative estimate of drug-likeness (QED) is 0.932. The fraction of sp³-hybridized carbons (Fsp3) is 0.600. The zero-order chi connectivity index (χ0) is 12.3. The summed E-state index contributed by atoms with van der Waals surface area (Å²) < 4.78 is 15.3. The third kappa shape index (κ3) is 3.92. The van der Waals surface area contributed by atoms with E-state index in [4.69, 9.17) is 0 Å². The normalized spacial score (nSPS) is 15.8. The maximum Gasteiger partial charge on any atom is 0.128 e. The second kappa shape index (κ2) is 5.33. The zero-order valence-corrected chi connectivity index (χ0v) is 12.2. The van der Waals surface area contributed by atoms with Gasteiger partial charge in [0, 0.05) is 0 Å². The molecule has 0 saturated carbocycles. The van der Waals surface area contributed by atoms with E-state index in [2.05, 4.69) is 30.8 Å². The van der Waals surface area contributed by atoms with Crippen molar-refractivity contribution >= 4 is 26.9 Å². The molecule has 16 heavy (non-hydrogen) atoms. The minimum absolute atomic E-state index is 0.0827. The standard InChI is InChI=1S/C10H16BrN3OS/c1-7(14-16(15)10(2,3)4)8-5-6-9(11)13-12-8/h5-7,14H,1-4H3/t7-,16+/m0/s1. The molecule has 1 heterocycles. The SMILES string of the molecule is C[C@H](N[S@](=O)C(C)(C)C)c1ccc(Br)nn1.